The van der Waals surface area contributed by atoms with Crippen LogP contribution in [0.2, 0.25) is 0 Å². The van der Waals surface area contributed by atoms with Crippen LogP contribution in [-0.4, -0.2) is 129 Å². The molecule has 1 heterocycles. The summed E-state index contributed by atoms with van der Waals surface area (Å²) in [7, 11) is 10.3. The van der Waals surface area contributed by atoms with Crippen molar-refractivity contribution in [3.63, 3.8) is 0 Å². The lowest BCUT2D eigenvalue weighted by atomic mass is 10.2. The van der Waals surface area contributed by atoms with Gasteiger partial charge in [0.1, 0.15) is 26.0 Å². The zero-order valence-corrected chi connectivity index (χ0v) is 28.1. The summed E-state index contributed by atoms with van der Waals surface area (Å²) >= 11 is 0. The van der Waals surface area contributed by atoms with Crippen LogP contribution in [0.4, 0.5) is 25.9 Å². The van der Waals surface area contributed by atoms with Crippen molar-refractivity contribution in [1.82, 2.24) is 14.7 Å². The van der Waals surface area contributed by atoms with Gasteiger partial charge in [-0.3, -0.25) is 30.7 Å². The first-order valence-corrected chi connectivity index (χ1v) is 12.5. The molecule has 1 rings (SSSR count). The molecule has 0 radical (unpaired) electrons. The van der Waals surface area contributed by atoms with Gasteiger partial charge in [0, 0.05) is 72.9 Å². The van der Waals surface area contributed by atoms with Crippen molar-refractivity contribution in [2.45, 2.75) is 0 Å². The highest BCUT2D eigenvalue weighted by molar-refractivity contribution is 6.33. The number of ether oxygens (including phenoxy) is 2. The van der Waals surface area contributed by atoms with Crippen molar-refractivity contribution in [1.29, 1.82) is 0 Å². The second-order valence-corrected chi connectivity index (χ2v) is 8.33. The highest BCUT2D eigenvalue weighted by atomic mass is 19.4. The molecular formula is C27H45B2F8N5O5. The fourth-order valence-electron chi connectivity index (χ4n) is 1.71. The summed E-state index contributed by atoms with van der Waals surface area (Å²) < 4.78 is 68.8. The Labute approximate surface area is 272 Å². The number of allylic oxidation sites excluding steroid dienone is 3. The van der Waals surface area contributed by atoms with Gasteiger partial charge in [0.15, 0.2) is 18.6 Å². The molecule has 0 aliphatic carbocycles. The van der Waals surface area contributed by atoms with Gasteiger partial charge in [-0.25, -0.2) is 19.1 Å². The largest absolute Gasteiger partial charge is 1.00 e. The number of aromatic nitrogens is 1. The standard InChI is InChI=1S/C11H19N2O2.C6H11NO2.C5H9NO.C5H5N.2BF3.2FH/c1-12(2)8-6-7-10(9-13(3)4)11(14)15-5;1-7(2)5-4-6(8)9-3;1-6(2)4-3-5-7;1-2-4-6-5-3-1;2*2-1(3)4;;/h6-9H,1-5H3;4-5H,1-3H3;3-5H,1-2H3;1-5H;;;2*1H/q+1;;;;;;;/p-1/b;5-4+;4-3+;;;;;. The van der Waals surface area contributed by atoms with E-state index < -0.39 is 15.1 Å². The van der Waals surface area contributed by atoms with Crippen molar-refractivity contribution in [3.05, 3.63) is 79.1 Å². The van der Waals surface area contributed by atoms with Crippen LogP contribution in [0, 0.1) is 0 Å². The Morgan fingerprint density at radius 2 is 1.13 bits per heavy atom. The molecule has 1 aromatic rings. The Morgan fingerprint density at radius 1 is 0.723 bits per heavy atom. The van der Waals surface area contributed by atoms with Crippen molar-refractivity contribution in [3.8, 4) is 0 Å². The van der Waals surface area contributed by atoms with Crippen LogP contribution in [-0.2, 0) is 23.9 Å². The smallest absolute Gasteiger partial charge is 0.762 e. The second-order valence-electron chi connectivity index (χ2n) is 8.33. The first-order valence-electron chi connectivity index (χ1n) is 12.5. The van der Waals surface area contributed by atoms with Crippen LogP contribution >= 0.6 is 0 Å². The molecule has 1 aromatic heterocycles. The van der Waals surface area contributed by atoms with Gasteiger partial charge >= 0.3 is 27.0 Å². The van der Waals surface area contributed by atoms with E-state index in [1.807, 2.05) is 98.1 Å². The van der Waals surface area contributed by atoms with Crippen molar-refractivity contribution < 1.29 is 68.7 Å². The maximum atomic E-state index is 11.3. The molecule has 0 saturated heterocycles. The summed E-state index contributed by atoms with van der Waals surface area (Å²) in [6.07, 6.45) is 17.7. The van der Waals surface area contributed by atoms with E-state index in [0.717, 1.165) is 6.29 Å². The van der Waals surface area contributed by atoms with Crippen molar-refractivity contribution in [2.24, 2.45) is 0 Å². The molecule has 0 fully saturated rings. The number of aldehydes is 1. The molecule has 1 N–H and O–H groups in total. The monoisotopic (exact) mass is 693 g/mol. The van der Waals surface area contributed by atoms with E-state index in [2.05, 4.69) is 14.5 Å². The molecule has 20 heteroatoms. The zero-order chi connectivity index (χ0) is 36.2. The fraction of sp³-hybridized carbons (Fsp3) is 0.370. The summed E-state index contributed by atoms with van der Waals surface area (Å²) in [6.45, 7) is 0. The SMILES string of the molecule is CN(C)/C=C/C=O.COC(=O)/C=C/N(C)C.COC(=O)C(=CC=CN(C)C)C=[N+](C)C.FB(F)F.FB(F)F.[F-].[F-].c1cc[nH+]cc1. The van der Waals surface area contributed by atoms with Crippen molar-refractivity contribution >= 4 is 39.5 Å². The van der Waals surface area contributed by atoms with Gasteiger partial charge in [-0.2, -0.15) is 0 Å². The van der Waals surface area contributed by atoms with E-state index in [4.69, 9.17) is 0 Å². The summed E-state index contributed by atoms with van der Waals surface area (Å²) in [4.78, 5) is 39.6. The second kappa shape index (κ2) is 43.5. The number of rotatable bonds is 8. The quantitative estimate of drug-likeness (QED) is 0.0424. The molecule has 0 aliphatic heterocycles. The average Bonchev–Trinajstić information content (AvgIpc) is 2.94. The van der Waals surface area contributed by atoms with E-state index >= 15 is 0 Å². The summed E-state index contributed by atoms with van der Waals surface area (Å²) in [5.74, 6) is -0.671. The van der Waals surface area contributed by atoms with Gasteiger partial charge in [0.25, 0.3) is 0 Å². The third-order valence-electron chi connectivity index (χ3n) is 3.26. The topological polar surface area (TPSA) is 96.5 Å². The van der Waals surface area contributed by atoms with Crippen LogP contribution in [0.1, 0.15) is 0 Å². The number of nitrogens with one attached hydrogen (secondary N) is 1. The molecule has 0 atom stereocenters. The fourth-order valence-corrected chi connectivity index (χ4v) is 1.71. The van der Waals surface area contributed by atoms with Crippen molar-refractivity contribution in [2.75, 3.05) is 70.6 Å². The molecule has 0 aromatic carbocycles. The molecule has 0 amide bonds. The van der Waals surface area contributed by atoms with Crippen LogP contribution in [0.25, 0.3) is 0 Å². The molecule has 0 unspecified atom stereocenters. The van der Waals surface area contributed by atoms with E-state index in [1.165, 1.54) is 26.4 Å². The van der Waals surface area contributed by atoms with E-state index in [1.54, 1.807) is 45.1 Å². The average molecular weight is 693 g/mol. The Balaban J connectivity index is -0.0000000867. The van der Waals surface area contributed by atoms with Gasteiger partial charge in [0.05, 0.1) is 14.2 Å². The molecular weight excluding hydrogens is 648 g/mol. The normalized spacial score (nSPS) is 9.06. The maximum Gasteiger partial charge on any atom is 0.762 e. The van der Waals surface area contributed by atoms with E-state index in [9.17, 15) is 40.3 Å². The number of H-pyrrole nitrogens is 1. The number of aromatic amines is 1. The number of nitrogens with zero attached hydrogens (tertiary/aromatic N) is 4. The third-order valence-corrected chi connectivity index (χ3v) is 3.26. The summed E-state index contributed by atoms with van der Waals surface area (Å²) in [6, 6.07) is 5.86. The number of hydrogen-bond acceptors (Lipinski definition) is 8. The van der Waals surface area contributed by atoms with Gasteiger partial charge in [0.2, 0.25) is 0 Å². The number of carbonyl (C=O) groups excluding carboxylic acids is 3. The van der Waals surface area contributed by atoms with Gasteiger partial charge in [-0.1, -0.05) is 6.07 Å². The Hall–Kier alpha value is -4.64. The summed E-state index contributed by atoms with van der Waals surface area (Å²) in [5.41, 5.74) is 0.514. The predicted molar refractivity (Wildman–Crippen MR) is 166 cm³/mol. The molecule has 47 heavy (non-hydrogen) atoms. The molecule has 0 saturated carbocycles. The van der Waals surface area contributed by atoms with E-state index in [0.29, 0.717) is 5.57 Å². The molecule has 0 bridgehead atoms. The van der Waals surface area contributed by atoms with Crippen LogP contribution < -0.4 is 14.4 Å². The highest BCUT2D eigenvalue weighted by Crippen LogP contribution is 1.95. The lowest BCUT2D eigenvalue weighted by molar-refractivity contribution is -0.458. The number of hydrogen-bond donors (Lipinski definition) is 0. The molecule has 0 spiro atoms. The van der Waals surface area contributed by atoms with Crippen LogP contribution in [0.15, 0.2) is 79.1 Å². The first kappa shape index (κ1) is 58.0. The van der Waals surface area contributed by atoms with Gasteiger partial charge in [-0.15, -0.1) is 0 Å². The number of esters is 2. The third kappa shape index (κ3) is 79.7. The molecule has 0 aliphatic rings. The lowest BCUT2D eigenvalue weighted by Crippen LogP contribution is -3.00. The number of halogens is 8. The molecule has 10 nitrogen and oxygen atoms in total. The van der Waals surface area contributed by atoms with Gasteiger partial charge < -0.3 is 33.6 Å². The Morgan fingerprint density at radius 3 is 1.36 bits per heavy atom. The van der Waals surface area contributed by atoms with Crippen LogP contribution in [0.5, 0.6) is 0 Å². The minimum Gasteiger partial charge on any atom is -1.00 e. The van der Waals surface area contributed by atoms with E-state index in [-0.39, 0.29) is 21.3 Å². The number of pyridine rings is 1. The zero-order valence-electron chi connectivity index (χ0n) is 28.1. The molecule has 270 valence electrons. The number of methoxy groups -OCH3 is 2. The Kier molecular flexibility index (Phi) is 53.6. The first-order chi connectivity index (χ1) is 20.9. The van der Waals surface area contributed by atoms with Gasteiger partial charge in [-0.05, 0) is 24.4 Å². The van der Waals surface area contributed by atoms with Crippen LogP contribution in [0.3, 0.4) is 0 Å². The maximum absolute atomic E-state index is 11.3. The lowest BCUT2D eigenvalue weighted by Gasteiger charge is -2.01. The predicted octanol–water partition coefficient (Wildman–Crippen LogP) is -2.73. The Bertz CT molecular complexity index is 963. The summed E-state index contributed by atoms with van der Waals surface area (Å²) in [5, 5.41) is 0. The minimum atomic E-state index is -3.67. The highest BCUT2D eigenvalue weighted by Gasteiger charge is 2.09. The minimum absolute atomic E-state index is 0. The number of carbonyl (C=O) groups is 3.